The average molecular weight is 328 g/mol. The Hall–Kier alpha value is -1.92. The highest BCUT2D eigenvalue weighted by molar-refractivity contribution is 6.30. The molecule has 0 fully saturated rings. The zero-order valence-corrected chi connectivity index (χ0v) is 13.0. The van der Waals surface area contributed by atoms with Gasteiger partial charge < -0.3 is 4.74 Å². The smallest absolute Gasteiger partial charge is 0.352 e. The van der Waals surface area contributed by atoms with E-state index in [1.54, 1.807) is 26.0 Å². The molecule has 0 saturated heterocycles. The number of hydrogen-bond donors (Lipinski definition) is 0. The predicted molar refractivity (Wildman–Crippen MR) is 79.4 cm³/mol. The van der Waals surface area contributed by atoms with Gasteiger partial charge >= 0.3 is 11.6 Å². The maximum atomic E-state index is 11.1. The van der Waals surface area contributed by atoms with Crippen LogP contribution in [0.4, 0.5) is 5.69 Å². The van der Waals surface area contributed by atoms with Crippen LogP contribution in [0.5, 0.6) is 11.6 Å². The third-order valence-corrected chi connectivity index (χ3v) is 3.19. The third kappa shape index (κ3) is 3.22. The molecule has 0 amide bonds. The second-order valence-corrected chi connectivity index (χ2v) is 5.23. The molecule has 0 saturated carbocycles. The maximum Gasteiger partial charge on any atom is 0.352 e. The number of rotatable bonds is 3. The van der Waals surface area contributed by atoms with E-state index < -0.39 is 4.92 Å². The molecule has 0 aliphatic rings. The maximum absolute atomic E-state index is 11.1. The summed E-state index contributed by atoms with van der Waals surface area (Å²) in [4.78, 5) is 18.1. The van der Waals surface area contributed by atoms with Crippen molar-refractivity contribution in [3.63, 3.8) is 0 Å². The van der Waals surface area contributed by atoms with E-state index in [-0.39, 0.29) is 22.5 Å². The lowest BCUT2D eigenvalue weighted by molar-refractivity contribution is -0.386. The van der Waals surface area contributed by atoms with Crippen molar-refractivity contribution in [2.75, 3.05) is 0 Å². The Labute approximate surface area is 130 Å². The summed E-state index contributed by atoms with van der Waals surface area (Å²) < 4.78 is 5.61. The first kappa shape index (κ1) is 15.5. The molecular formula is C13H11Cl2N3O3. The van der Waals surface area contributed by atoms with E-state index in [0.717, 1.165) is 11.1 Å². The van der Waals surface area contributed by atoms with Gasteiger partial charge in [-0.05, 0) is 55.6 Å². The topological polar surface area (TPSA) is 78.2 Å². The molecule has 0 atom stereocenters. The van der Waals surface area contributed by atoms with Gasteiger partial charge in [0.15, 0.2) is 0 Å². The van der Waals surface area contributed by atoms with Gasteiger partial charge in [-0.15, -0.1) is 0 Å². The van der Waals surface area contributed by atoms with Gasteiger partial charge in [0.2, 0.25) is 5.28 Å². The van der Waals surface area contributed by atoms with Crippen molar-refractivity contribution in [2.45, 2.75) is 20.8 Å². The average Bonchev–Trinajstić information content (AvgIpc) is 2.32. The first-order chi connectivity index (χ1) is 9.79. The summed E-state index contributed by atoms with van der Waals surface area (Å²) in [5.74, 6) is 0.266. The SMILES string of the molecule is Cc1cc(Cl)cc(C)c1Oc1nc(Cl)nc(C)c1[N+](=O)[O-]. The Bertz CT molecular complexity index is 712. The molecule has 0 spiro atoms. The van der Waals surface area contributed by atoms with E-state index >= 15 is 0 Å². The molecule has 0 aliphatic carbocycles. The fraction of sp³-hybridized carbons (Fsp3) is 0.231. The van der Waals surface area contributed by atoms with Crippen molar-refractivity contribution in [3.05, 3.63) is 49.4 Å². The predicted octanol–water partition coefficient (Wildman–Crippen LogP) is 4.41. The van der Waals surface area contributed by atoms with Gasteiger partial charge in [0.05, 0.1) is 4.92 Å². The molecule has 1 heterocycles. The number of nitrogens with zero attached hydrogens (tertiary/aromatic N) is 3. The van der Waals surface area contributed by atoms with Crippen LogP contribution in [0.1, 0.15) is 16.8 Å². The normalized spacial score (nSPS) is 10.5. The Morgan fingerprint density at radius 3 is 2.24 bits per heavy atom. The monoisotopic (exact) mass is 327 g/mol. The van der Waals surface area contributed by atoms with Crippen molar-refractivity contribution in [2.24, 2.45) is 0 Å². The lowest BCUT2D eigenvalue weighted by Gasteiger charge is -2.12. The van der Waals surface area contributed by atoms with Crippen LogP contribution in [0.25, 0.3) is 0 Å². The molecule has 0 bridgehead atoms. The molecular weight excluding hydrogens is 317 g/mol. The summed E-state index contributed by atoms with van der Waals surface area (Å²) in [6, 6.07) is 3.40. The van der Waals surface area contributed by atoms with Crippen LogP contribution < -0.4 is 4.74 Å². The van der Waals surface area contributed by atoms with Crippen molar-refractivity contribution < 1.29 is 9.66 Å². The highest BCUT2D eigenvalue weighted by Gasteiger charge is 2.24. The molecule has 110 valence electrons. The zero-order valence-electron chi connectivity index (χ0n) is 11.5. The molecule has 0 aliphatic heterocycles. The highest BCUT2D eigenvalue weighted by Crippen LogP contribution is 2.36. The zero-order chi connectivity index (χ0) is 15.7. The number of halogens is 2. The van der Waals surface area contributed by atoms with E-state index in [0.29, 0.717) is 10.8 Å². The lowest BCUT2D eigenvalue weighted by Crippen LogP contribution is -2.02. The fourth-order valence-corrected chi connectivity index (χ4v) is 2.48. The molecule has 0 N–H and O–H groups in total. The highest BCUT2D eigenvalue weighted by atomic mass is 35.5. The number of aromatic nitrogens is 2. The van der Waals surface area contributed by atoms with E-state index in [1.807, 2.05) is 0 Å². The van der Waals surface area contributed by atoms with Crippen molar-refractivity contribution in [1.82, 2.24) is 9.97 Å². The van der Waals surface area contributed by atoms with Gasteiger partial charge in [0.25, 0.3) is 0 Å². The Morgan fingerprint density at radius 1 is 1.14 bits per heavy atom. The summed E-state index contributed by atoms with van der Waals surface area (Å²) in [6.07, 6.45) is 0. The van der Waals surface area contributed by atoms with Gasteiger partial charge in [-0.2, -0.15) is 4.98 Å². The molecule has 2 aromatic rings. The molecule has 21 heavy (non-hydrogen) atoms. The summed E-state index contributed by atoms with van der Waals surface area (Å²) in [6.45, 7) is 5.05. The minimum atomic E-state index is -0.596. The Morgan fingerprint density at radius 2 is 1.71 bits per heavy atom. The van der Waals surface area contributed by atoms with Crippen LogP contribution in [0, 0.1) is 30.9 Å². The first-order valence-electron chi connectivity index (χ1n) is 5.92. The Balaban J connectivity index is 2.57. The minimum absolute atomic E-state index is 0.114. The third-order valence-electron chi connectivity index (χ3n) is 2.81. The van der Waals surface area contributed by atoms with E-state index in [4.69, 9.17) is 27.9 Å². The molecule has 0 unspecified atom stereocenters. The molecule has 0 radical (unpaired) electrons. The summed E-state index contributed by atoms with van der Waals surface area (Å²) in [5.41, 5.74) is 1.30. The van der Waals surface area contributed by atoms with Crippen LogP contribution >= 0.6 is 23.2 Å². The first-order valence-corrected chi connectivity index (χ1v) is 6.68. The standard InChI is InChI=1S/C13H11Cl2N3O3/c1-6-4-9(14)5-7(2)11(6)21-12-10(18(19)20)8(3)16-13(15)17-12/h4-5H,1-3H3. The van der Waals surface area contributed by atoms with Crippen molar-refractivity contribution >= 4 is 28.9 Å². The number of ether oxygens (including phenoxy) is 1. The van der Waals surface area contributed by atoms with Crippen LogP contribution in [-0.4, -0.2) is 14.9 Å². The quantitative estimate of drug-likeness (QED) is 0.474. The van der Waals surface area contributed by atoms with Crippen LogP contribution in [-0.2, 0) is 0 Å². The van der Waals surface area contributed by atoms with Crippen LogP contribution in [0.15, 0.2) is 12.1 Å². The van der Waals surface area contributed by atoms with E-state index in [9.17, 15) is 10.1 Å². The largest absolute Gasteiger partial charge is 0.433 e. The second-order valence-electron chi connectivity index (χ2n) is 4.46. The van der Waals surface area contributed by atoms with Gasteiger partial charge in [0, 0.05) is 5.02 Å². The molecule has 1 aromatic carbocycles. The number of aryl methyl sites for hydroxylation is 3. The van der Waals surface area contributed by atoms with Crippen LogP contribution in [0.2, 0.25) is 10.3 Å². The summed E-state index contributed by atoms with van der Waals surface area (Å²) in [7, 11) is 0. The number of hydrogen-bond acceptors (Lipinski definition) is 5. The van der Waals surface area contributed by atoms with E-state index in [1.165, 1.54) is 6.92 Å². The molecule has 1 aromatic heterocycles. The Kier molecular flexibility index (Phi) is 4.29. The lowest BCUT2D eigenvalue weighted by atomic mass is 10.1. The minimum Gasteiger partial charge on any atom is -0.433 e. The van der Waals surface area contributed by atoms with Crippen molar-refractivity contribution in [1.29, 1.82) is 0 Å². The summed E-state index contributed by atoms with van der Waals surface area (Å²) >= 11 is 11.7. The molecule has 2 rings (SSSR count). The second kappa shape index (κ2) is 5.83. The van der Waals surface area contributed by atoms with Gasteiger partial charge in [-0.3, -0.25) is 10.1 Å². The molecule has 8 heteroatoms. The number of nitro groups is 1. The van der Waals surface area contributed by atoms with Crippen molar-refractivity contribution in [3.8, 4) is 11.6 Å². The van der Waals surface area contributed by atoms with Gasteiger partial charge in [0.1, 0.15) is 11.4 Å². The number of benzene rings is 1. The van der Waals surface area contributed by atoms with E-state index in [2.05, 4.69) is 9.97 Å². The molecule has 6 nitrogen and oxygen atoms in total. The van der Waals surface area contributed by atoms with Gasteiger partial charge in [-0.25, -0.2) is 4.98 Å². The summed E-state index contributed by atoms with van der Waals surface area (Å²) in [5, 5.41) is 11.6. The fourth-order valence-electron chi connectivity index (χ4n) is 1.94. The van der Waals surface area contributed by atoms with Gasteiger partial charge in [-0.1, -0.05) is 11.6 Å². The van der Waals surface area contributed by atoms with Crippen LogP contribution in [0.3, 0.4) is 0 Å².